The maximum Gasteiger partial charge on any atom is 0.312 e. The topological polar surface area (TPSA) is 85.0 Å². The summed E-state index contributed by atoms with van der Waals surface area (Å²) in [5.74, 6) is -0.0503. The minimum Gasteiger partial charge on any atom is -0.489 e. The highest BCUT2D eigenvalue weighted by Crippen LogP contribution is 2.38. The second-order valence-corrected chi connectivity index (χ2v) is 6.16. The number of benzene rings is 1. The van der Waals surface area contributed by atoms with E-state index in [2.05, 4.69) is 20.9 Å². The van der Waals surface area contributed by atoms with Crippen molar-refractivity contribution in [2.45, 2.75) is 0 Å². The minimum absolute atomic E-state index is 0.144. The summed E-state index contributed by atoms with van der Waals surface area (Å²) in [4.78, 5) is 28.6. The van der Waals surface area contributed by atoms with Crippen LogP contribution in [0.1, 0.15) is 5.56 Å². The Morgan fingerprint density at radius 2 is 2.18 bits per heavy atom. The molecule has 2 rings (SSSR count). The Morgan fingerprint density at radius 3 is 2.68 bits per heavy atom. The van der Waals surface area contributed by atoms with Crippen molar-refractivity contribution < 1.29 is 14.5 Å². The molecule has 7 nitrogen and oxygen atoms in total. The Morgan fingerprint density at radius 1 is 1.50 bits per heavy atom. The van der Waals surface area contributed by atoms with E-state index in [1.807, 2.05) is 0 Å². The minimum atomic E-state index is -0.528. The molecule has 1 amide bonds. The summed E-state index contributed by atoms with van der Waals surface area (Å²) in [6.07, 6.45) is 1.60. The molecule has 0 radical (unpaired) electrons. The van der Waals surface area contributed by atoms with Crippen LogP contribution in [0.4, 0.5) is 5.69 Å². The number of carbonyl (C=O) groups excluding carboxylic acids is 1. The maximum absolute atomic E-state index is 12.1. The monoisotopic (exact) mass is 385 g/mol. The van der Waals surface area contributed by atoms with Gasteiger partial charge in [0.05, 0.1) is 21.4 Å². The lowest BCUT2D eigenvalue weighted by Gasteiger charge is -2.06. The summed E-state index contributed by atoms with van der Waals surface area (Å²) in [6, 6.07) is 3.03. The lowest BCUT2D eigenvalue weighted by molar-refractivity contribution is -0.385. The first-order chi connectivity index (χ1) is 10.4. The first-order valence-corrected chi connectivity index (χ1v) is 7.66. The number of nitrogens with zero attached hydrogens (tertiary/aromatic N) is 3. The molecule has 9 heteroatoms. The molecule has 0 unspecified atom stereocenters. The third-order valence-corrected chi connectivity index (χ3v) is 4.68. The summed E-state index contributed by atoms with van der Waals surface area (Å²) in [5, 5.41) is 11.7. The Kier molecular flexibility index (Phi) is 4.87. The Bertz CT molecular complexity index is 717. The summed E-state index contributed by atoms with van der Waals surface area (Å²) in [7, 11) is 4.59. The number of rotatable bonds is 3. The van der Waals surface area contributed by atoms with Crippen molar-refractivity contribution in [2.24, 2.45) is 4.99 Å². The van der Waals surface area contributed by atoms with Crippen LogP contribution in [-0.4, -0.2) is 42.1 Å². The molecule has 0 spiro atoms. The Labute approximate surface area is 139 Å². The number of aliphatic imine (C=N–C) groups is 1. The van der Waals surface area contributed by atoms with E-state index in [4.69, 9.17) is 4.74 Å². The number of nitro groups is 1. The van der Waals surface area contributed by atoms with Crippen molar-refractivity contribution in [3.63, 3.8) is 0 Å². The van der Waals surface area contributed by atoms with Crippen molar-refractivity contribution >= 4 is 50.5 Å². The van der Waals surface area contributed by atoms with Gasteiger partial charge in [-0.05, 0) is 45.4 Å². The van der Waals surface area contributed by atoms with Gasteiger partial charge in [0.2, 0.25) is 5.75 Å². The molecule has 0 bridgehead atoms. The standard InChI is InChI=1S/C13H12BrN3O4S/c1-15-13-16(2)12(18)10(22-13)6-7-4-8(14)11(21-3)9(5-7)17(19)20/h4-6H,1-3H3/b10-6-,15-13?. The van der Waals surface area contributed by atoms with Crippen LogP contribution in [0.25, 0.3) is 6.08 Å². The fraction of sp³-hybridized carbons (Fsp3) is 0.231. The van der Waals surface area contributed by atoms with E-state index in [0.717, 1.165) is 0 Å². The number of hydrogen-bond acceptors (Lipinski definition) is 6. The van der Waals surface area contributed by atoms with Gasteiger partial charge in [0.25, 0.3) is 5.91 Å². The largest absolute Gasteiger partial charge is 0.489 e. The zero-order valence-corrected chi connectivity index (χ0v) is 14.4. The highest BCUT2D eigenvalue weighted by atomic mass is 79.9. The van der Waals surface area contributed by atoms with Crippen LogP contribution < -0.4 is 4.74 Å². The number of hydrogen-bond donors (Lipinski definition) is 0. The first kappa shape index (κ1) is 16.5. The number of amides is 1. The first-order valence-electron chi connectivity index (χ1n) is 6.05. The third-order valence-electron chi connectivity index (χ3n) is 2.94. The summed E-state index contributed by atoms with van der Waals surface area (Å²) < 4.78 is 5.47. The fourth-order valence-corrected chi connectivity index (χ4v) is 3.48. The molecule has 1 aromatic rings. The van der Waals surface area contributed by atoms with Crippen LogP contribution in [0.5, 0.6) is 5.75 Å². The van der Waals surface area contributed by atoms with E-state index in [9.17, 15) is 14.9 Å². The van der Waals surface area contributed by atoms with E-state index >= 15 is 0 Å². The SMILES string of the molecule is CN=C1S/C(=C\c2cc(Br)c(OC)c([N+](=O)[O-])c2)C(=O)N1C. The molecule has 0 atom stereocenters. The van der Waals surface area contributed by atoms with Gasteiger partial charge < -0.3 is 4.74 Å². The van der Waals surface area contributed by atoms with E-state index < -0.39 is 4.92 Å². The molecule has 1 aliphatic heterocycles. The summed E-state index contributed by atoms with van der Waals surface area (Å²) in [5.41, 5.74) is 0.359. The van der Waals surface area contributed by atoms with Gasteiger partial charge in [-0.3, -0.25) is 24.8 Å². The zero-order valence-electron chi connectivity index (χ0n) is 12.0. The van der Waals surface area contributed by atoms with Crippen LogP contribution in [0, 0.1) is 10.1 Å². The van der Waals surface area contributed by atoms with Crippen molar-refractivity contribution in [3.8, 4) is 5.75 Å². The Balaban J connectivity index is 2.49. The third kappa shape index (κ3) is 3.00. The molecule has 0 N–H and O–H groups in total. The second kappa shape index (κ2) is 6.49. The van der Waals surface area contributed by atoms with E-state index in [1.165, 1.54) is 29.8 Å². The summed E-state index contributed by atoms with van der Waals surface area (Å²) in [6.45, 7) is 0. The number of methoxy groups -OCH3 is 1. The van der Waals surface area contributed by atoms with Crippen LogP contribution >= 0.6 is 27.7 Å². The number of nitro benzene ring substituents is 1. The highest BCUT2D eigenvalue weighted by molar-refractivity contribution is 9.10. The predicted molar refractivity (Wildman–Crippen MR) is 89.0 cm³/mol. The van der Waals surface area contributed by atoms with Gasteiger partial charge in [-0.25, -0.2) is 0 Å². The van der Waals surface area contributed by atoms with Gasteiger partial charge in [0.15, 0.2) is 5.17 Å². The molecule has 1 fully saturated rings. The molecule has 116 valence electrons. The smallest absolute Gasteiger partial charge is 0.312 e. The maximum atomic E-state index is 12.1. The molecule has 1 aromatic carbocycles. The molecule has 0 aliphatic carbocycles. The van der Waals surface area contributed by atoms with Gasteiger partial charge in [0.1, 0.15) is 0 Å². The van der Waals surface area contributed by atoms with Crippen molar-refractivity contribution in [3.05, 3.63) is 37.2 Å². The quantitative estimate of drug-likeness (QED) is 0.453. The number of thioether (sulfide) groups is 1. The lowest BCUT2D eigenvalue weighted by atomic mass is 10.1. The highest BCUT2D eigenvalue weighted by Gasteiger charge is 2.30. The number of ether oxygens (including phenoxy) is 1. The van der Waals surface area contributed by atoms with Crippen LogP contribution in [0.3, 0.4) is 0 Å². The average Bonchev–Trinajstić information content (AvgIpc) is 2.74. The predicted octanol–water partition coefficient (Wildman–Crippen LogP) is 2.90. The van der Waals surface area contributed by atoms with Crippen LogP contribution in [-0.2, 0) is 4.79 Å². The number of likely N-dealkylation sites (N-methyl/N-ethyl adjacent to an activating group) is 1. The molecule has 0 aromatic heterocycles. The molecular weight excluding hydrogens is 374 g/mol. The number of carbonyl (C=O) groups is 1. The molecule has 22 heavy (non-hydrogen) atoms. The normalized spacial score (nSPS) is 18.4. The van der Waals surface area contributed by atoms with Gasteiger partial charge in [-0.2, -0.15) is 0 Å². The molecule has 1 saturated heterocycles. The summed E-state index contributed by atoms with van der Waals surface area (Å²) >= 11 is 4.47. The zero-order chi connectivity index (χ0) is 16.4. The number of amidine groups is 1. The van der Waals surface area contributed by atoms with Crippen molar-refractivity contribution in [2.75, 3.05) is 21.2 Å². The molecule has 1 aliphatic rings. The molecular formula is C13H12BrN3O4S. The average molecular weight is 386 g/mol. The van der Waals surface area contributed by atoms with Crippen molar-refractivity contribution in [1.29, 1.82) is 0 Å². The lowest BCUT2D eigenvalue weighted by Crippen LogP contribution is -2.23. The van der Waals surface area contributed by atoms with E-state index in [1.54, 1.807) is 26.2 Å². The van der Waals surface area contributed by atoms with E-state index in [0.29, 0.717) is 20.1 Å². The van der Waals surface area contributed by atoms with Gasteiger partial charge in [-0.15, -0.1) is 0 Å². The van der Waals surface area contributed by atoms with Gasteiger partial charge >= 0.3 is 5.69 Å². The van der Waals surface area contributed by atoms with E-state index in [-0.39, 0.29) is 17.3 Å². The molecule has 0 saturated carbocycles. The van der Waals surface area contributed by atoms with Gasteiger partial charge in [0, 0.05) is 20.2 Å². The molecule has 1 heterocycles. The van der Waals surface area contributed by atoms with Crippen molar-refractivity contribution in [1.82, 2.24) is 4.90 Å². The number of halogens is 1. The van der Waals surface area contributed by atoms with Crippen LogP contribution in [0.15, 0.2) is 26.5 Å². The second-order valence-electron chi connectivity index (χ2n) is 4.29. The van der Waals surface area contributed by atoms with Gasteiger partial charge in [-0.1, -0.05) is 0 Å². The Hall–Kier alpha value is -1.87. The van der Waals surface area contributed by atoms with Crippen LogP contribution in [0.2, 0.25) is 0 Å². The fourth-order valence-electron chi connectivity index (χ4n) is 1.92.